The molecule has 1 aliphatic rings. The molecule has 0 spiro atoms. The number of aliphatic hydroxyl groups excluding tert-OH is 1. The first-order chi connectivity index (χ1) is 9.24. The van der Waals surface area contributed by atoms with Gasteiger partial charge in [-0.05, 0) is 36.8 Å². The Morgan fingerprint density at radius 1 is 1.47 bits per heavy atom. The second kappa shape index (κ2) is 4.66. The van der Waals surface area contributed by atoms with E-state index in [1.54, 1.807) is 10.7 Å². The summed E-state index contributed by atoms with van der Waals surface area (Å²) in [6.45, 7) is 0.823. The monoisotopic (exact) mass is 259 g/mol. The first-order valence-corrected chi connectivity index (χ1v) is 6.56. The molecule has 1 aliphatic carbocycles. The number of nitrogens with one attached hydrogen (secondary N) is 1. The van der Waals surface area contributed by atoms with Crippen LogP contribution in [-0.2, 0) is 0 Å². The third-order valence-corrected chi connectivity index (χ3v) is 3.89. The van der Waals surface area contributed by atoms with E-state index < -0.39 is 0 Å². The van der Waals surface area contributed by atoms with Crippen LogP contribution in [-0.4, -0.2) is 33.8 Å². The molecule has 1 fully saturated rings. The zero-order valence-corrected chi connectivity index (χ0v) is 10.7. The van der Waals surface area contributed by atoms with Crippen LogP contribution in [0.25, 0.3) is 5.52 Å². The first kappa shape index (κ1) is 12.2. The summed E-state index contributed by atoms with van der Waals surface area (Å²) in [5.41, 5.74) is 1.54. The summed E-state index contributed by atoms with van der Waals surface area (Å²) in [4.78, 5) is 12.2. The van der Waals surface area contributed by atoms with Crippen LogP contribution in [0.1, 0.15) is 29.6 Å². The summed E-state index contributed by atoms with van der Waals surface area (Å²) in [5.74, 6) is -0.0922. The minimum Gasteiger partial charge on any atom is -0.396 e. The number of carbonyl (C=O) groups is 1. The number of carbonyl (C=O) groups excluding carboxylic acids is 1. The van der Waals surface area contributed by atoms with Gasteiger partial charge in [-0.3, -0.25) is 4.79 Å². The summed E-state index contributed by atoms with van der Waals surface area (Å²) >= 11 is 0. The largest absolute Gasteiger partial charge is 0.396 e. The highest BCUT2D eigenvalue weighted by Gasteiger charge is 2.41. The number of nitrogens with zero attached hydrogens (tertiary/aromatic N) is 2. The third kappa shape index (κ3) is 2.33. The molecular weight excluding hydrogens is 242 g/mol. The number of pyridine rings is 1. The molecule has 1 saturated carbocycles. The molecule has 2 N–H and O–H groups in total. The zero-order valence-electron chi connectivity index (χ0n) is 10.7. The second-order valence-electron chi connectivity index (χ2n) is 5.24. The van der Waals surface area contributed by atoms with Gasteiger partial charge < -0.3 is 10.4 Å². The molecule has 0 radical (unpaired) electrons. The lowest BCUT2D eigenvalue weighted by Gasteiger charge is -2.14. The van der Waals surface area contributed by atoms with Crippen molar-refractivity contribution in [3.05, 3.63) is 36.2 Å². The molecule has 0 bridgehead atoms. The lowest BCUT2D eigenvalue weighted by atomic mass is 10.0. The van der Waals surface area contributed by atoms with Crippen LogP contribution in [0.5, 0.6) is 0 Å². The van der Waals surface area contributed by atoms with E-state index in [-0.39, 0.29) is 17.9 Å². The summed E-state index contributed by atoms with van der Waals surface area (Å²) < 4.78 is 1.69. The molecule has 2 aromatic heterocycles. The number of aliphatic hydroxyl groups is 1. The van der Waals surface area contributed by atoms with Crippen molar-refractivity contribution in [2.75, 3.05) is 13.2 Å². The van der Waals surface area contributed by atoms with Gasteiger partial charge in [0.2, 0.25) is 0 Å². The summed E-state index contributed by atoms with van der Waals surface area (Å²) in [7, 11) is 0. The van der Waals surface area contributed by atoms with Gasteiger partial charge in [-0.15, -0.1) is 0 Å². The van der Waals surface area contributed by atoms with E-state index in [1.807, 2.05) is 24.4 Å². The van der Waals surface area contributed by atoms with E-state index in [1.165, 1.54) is 0 Å². The molecule has 2 aromatic rings. The van der Waals surface area contributed by atoms with Crippen molar-refractivity contribution < 1.29 is 9.90 Å². The van der Waals surface area contributed by atoms with Gasteiger partial charge in [0.1, 0.15) is 0 Å². The van der Waals surface area contributed by atoms with Gasteiger partial charge in [0, 0.05) is 19.3 Å². The van der Waals surface area contributed by atoms with Gasteiger partial charge in [-0.2, -0.15) is 5.10 Å². The molecule has 3 rings (SSSR count). The van der Waals surface area contributed by atoms with Crippen LogP contribution in [0.15, 0.2) is 30.6 Å². The van der Waals surface area contributed by atoms with Crippen molar-refractivity contribution in [1.29, 1.82) is 0 Å². The molecule has 0 unspecified atom stereocenters. The van der Waals surface area contributed by atoms with Crippen molar-refractivity contribution in [3.8, 4) is 0 Å². The highest BCUT2D eigenvalue weighted by Crippen LogP contribution is 2.47. The van der Waals surface area contributed by atoms with Crippen LogP contribution in [0.2, 0.25) is 0 Å². The Bertz CT molecular complexity index is 602. The first-order valence-electron chi connectivity index (χ1n) is 6.56. The number of hydrogen-bond acceptors (Lipinski definition) is 3. The lowest BCUT2D eigenvalue weighted by Crippen LogP contribution is -2.30. The minimum atomic E-state index is -0.0922. The van der Waals surface area contributed by atoms with Gasteiger partial charge in [0.25, 0.3) is 5.91 Å². The molecule has 0 aromatic carbocycles. The molecule has 100 valence electrons. The van der Waals surface area contributed by atoms with Crippen LogP contribution >= 0.6 is 0 Å². The lowest BCUT2D eigenvalue weighted by molar-refractivity contribution is 0.0942. The predicted molar refractivity (Wildman–Crippen MR) is 70.9 cm³/mol. The van der Waals surface area contributed by atoms with Crippen LogP contribution in [0.3, 0.4) is 0 Å². The van der Waals surface area contributed by atoms with Crippen molar-refractivity contribution in [2.24, 2.45) is 5.41 Å². The molecule has 5 nitrogen and oxygen atoms in total. The van der Waals surface area contributed by atoms with Crippen molar-refractivity contribution >= 4 is 11.4 Å². The number of hydrogen-bond donors (Lipinski definition) is 2. The SMILES string of the molecule is O=C(NCC1(CCO)CC1)c1cnn2ccccc12. The average Bonchev–Trinajstić information content (AvgIpc) is 3.05. The van der Waals surface area contributed by atoms with Gasteiger partial charge in [0.15, 0.2) is 0 Å². The van der Waals surface area contributed by atoms with Crippen molar-refractivity contribution in [3.63, 3.8) is 0 Å². The van der Waals surface area contributed by atoms with E-state index in [2.05, 4.69) is 10.4 Å². The smallest absolute Gasteiger partial charge is 0.255 e. The fourth-order valence-corrected chi connectivity index (χ4v) is 2.40. The van der Waals surface area contributed by atoms with Crippen LogP contribution in [0, 0.1) is 5.41 Å². The van der Waals surface area contributed by atoms with E-state index in [9.17, 15) is 4.79 Å². The quantitative estimate of drug-likeness (QED) is 0.848. The minimum absolute atomic E-state index is 0.0922. The van der Waals surface area contributed by atoms with Crippen molar-refractivity contribution in [2.45, 2.75) is 19.3 Å². The van der Waals surface area contributed by atoms with Gasteiger partial charge in [-0.1, -0.05) is 6.07 Å². The van der Waals surface area contributed by atoms with E-state index in [0.29, 0.717) is 12.1 Å². The Hall–Kier alpha value is -1.88. The Morgan fingerprint density at radius 3 is 3.05 bits per heavy atom. The fourth-order valence-electron chi connectivity index (χ4n) is 2.40. The molecule has 2 heterocycles. The maximum absolute atomic E-state index is 12.2. The Kier molecular flexibility index (Phi) is 2.98. The number of aromatic nitrogens is 2. The van der Waals surface area contributed by atoms with Crippen LogP contribution in [0.4, 0.5) is 0 Å². The fraction of sp³-hybridized carbons (Fsp3) is 0.429. The molecular formula is C14H17N3O2. The molecule has 1 amide bonds. The Labute approximate surface area is 111 Å². The third-order valence-electron chi connectivity index (χ3n) is 3.89. The Balaban J connectivity index is 1.71. The van der Waals surface area contributed by atoms with E-state index in [4.69, 9.17) is 5.11 Å². The zero-order chi connectivity index (χ0) is 13.3. The van der Waals surface area contributed by atoms with E-state index >= 15 is 0 Å². The van der Waals surface area contributed by atoms with Gasteiger partial charge in [0.05, 0.1) is 17.3 Å². The van der Waals surface area contributed by atoms with Crippen LogP contribution < -0.4 is 5.32 Å². The van der Waals surface area contributed by atoms with Crippen molar-refractivity contribution in [1.82, 2.24) is 14.9 Å². The highest BCUT2D eigenvalue weighted by molar-refractivity contribution is 6.00. The second-order valence-corrected chi connectivity index (χ2v) is 5.24. The maximum Gasteiger partial charge on any atom is 0.255 e. The number of amides is 1. The molecule has 19 heavy (non-hydrogen) atoms. The molecule has 0 aliphatic heterocycles. The standard InChI is InChI=1S/C14H17N3O2/c18-8-6-14(4-5-14)10-15-13(19)11-9-16-17-7-2-1-3-12(11)17/h1-3,7,9,18H,4-6,8,10H2,(H,15,19). The number of rotatable bonds is 5. The summed E-state index contributed by atoms with van der Waals surface area (Å²) in [6.07, 6.45) is 6.35. The van der Waals surface area contributed by atoms with Gasteiger partial charge in [-0.25, -0.2) is 4.52 Å². The highest BCUT2D eigenvalue weighted by atomic mass is 16.3. The predicted octanol–water partition coefficient (Wildman–Crippen LogP) is 1.23. The molecule has 5 heteroatoms. The van der Waals surface area contributed by atoms with Gasteiger partial charge >= 0.3 is 0 Å². The normalized spacial score (nSPS) is 16.5. The maximum atomic E-state index is 12.2. The number of fused-ring (bicyclic) bond motifs is 1. The molecule has 0 atom stereocenters. The summed E-state index contributed by atoms with van der Waals surface area (Å²) in [5, 5.41) is 16.1. The van der Waals surface area contributed by atoms with E-state index in [0.717, 1.165) is 24.8 Å². The Morgan fingerprint density at radius 2 is 2.32 bits per heavy atom. The molecule has 0 saturated heterocycles. The summed E-state index contributed by atoms with van der Waals surface area (Å²) in [6, 6.07) is 5.65. The topological polar surface area (TPSA) is 66.6 Å². The average molecular weight is 259 g/mol.